The Morgan fingerprint density at radius 1 is 1.33 bits per heavy atom. The number of fused-ring (bicyclic) bond motifs is 1. The molecule has 3 heterocycles. The lowest BCUT2D eigenvalue weighted by atomic mass is 10.3. The molecule has 0 unspecified atom stereocenters. The predicted molar refractivity (Wildman–Crippen MR) is 67.4 cm³/mol. The lowest BCUT2D eigenvalue weighted by molar-refractivity contribution is 0.656. The molecule has 0 radical (unpaired) electrons. The van der Waals surface area contributed by atoms with Gasteiger partial charge in [0.25, 0.3) is 0 Å². The van der Waals surface area contributed by atoms with Crippen molar-refractivity contribution in [2.45, 2.75) is 20.4 Å². The normalized spacial score (nSPS) is 11.3. The quantitative estimate of drug-likeness (QED) is 0.708. The van der Waals surface area contributed by atoms with Crippen molar-refractivity contribution < 1.29 is 0 Å². The maximum absolute atomic E-state index is 5.98. The van der Waals surface area contributed by atoms with Gasteiger partial charge >= 0.3 is 0 Å². The van der Waals surface area contributed by atoms with Crippen molar-refractivity contribution in [3.8, 4) is 11.5 Å². The molecule has 3 rings (SSSR count). The molecule has 0 atom stereocenters. The molecule has 3 aromatic heterocycles. The third-order valence-corrected chi connectivity index (χ3v) is 2.98. The van der Waals surface area contributed by atoms with Gasteiger partial charge in [-0.2, -0.15) is 5.10 Å². The van der Waals surface area contributed by atoms with Crippen LogP contribution in [-0.4, -0.2) is 29.4 Å². The van der Waals surface area contributed by atoms with Crippen LogP contribution < -0.4 is 0 Å². The molecule has 3 aromatic rings. The minimum atomic E-state index is 0.343. The van der Waals surface area contributed by atoms with Gasteiger partial charge in [-0.1, -0.05) is 11.6 Å². The maximum atomic E-state index is 5.98. The first-order valence-corrected chi connectivity index (χ1v) is 5.98. The van der Waals surface area contributed by atoms with E-state index in [2.05, 4.69) is 20.3 Å². The summed E-state index contributed by atoms with van der Waals surface area (Å²) in [5, 5.41) is 13.0. The average Bonchev–Trinajstić information content (AvgIpc) is 2.93. The molecule has 0 aliphatic carbocycles. The summed E-state index contributed by atoms with van der Waals surface area (Å²) in [7, 11) is 0. The van der Waals surface area contributed by atoms with E-state index in [4.69, 9.17) is 11.6 Å². The maximum Gasteiger partial charge on any atom is 0.198 e. The molecule has 0 aliphatic rings. The fourth-order valence-electron chi connectivity index (χ4n) is 1.94. The van der Waals surface area contributed by atoms with Gasteiger partial charge in [-0.25, -0.2) is 4.98 Å². The fourth-order valence-corrected chi connectivity index (χ4v) is 2.12. The van der Waals surface area contributed by atoms with Gasteiger partial charge in [0.2, 0.25) is 0 Å². The van der Waals surface area contributed by atoms with Gasteiger partial charge in [0, 0.05) is 18.9 Å². The highest BCUT2D eigenvalue weighted by molar-refractivity contribution is 6.32. The summed E-state index contributed by atoms with van der Waals surface area (Å²) in [5.41, 5.74) is 2.42. The molecule has 0 saturated carbocycles. The lowest BCUT2D eigenvalue weighted by Gasteiger charge is -2.02. The zero-order valence-corrected chi connectivity index (χ0v) is 10.8. The molecule has 7 heteroatoms. The van der Waals surface area contributed by atoms with Crippen molar-refractivity contribution in [2.75, 3.05) is 0 Å². The molecule has 0 aliphatic heterocycles. The van der Waals surface area contributed by atoms with Crippen LogP contribution in [0.5, 0.6) is 0 Å². The minimum Gasteiger partial charge on any atom is -0.277 e. The summed E-state index contributed by atoms with van der Waals surface area (Å²) >= 11 is 5.98. The van der Waals surface area contributed by atoms with Crippen molar-refractivity contribution in [1.82, 2.24) is 29.4 Å². The Hall–Kier alpha value is -1.95. The second-order valence-electron chi connectivity index (χ2n) is 3.92. The van der Waals surface area contributed by atoms with Crippen LogP contribution in [0.2, 0.25) is 5.15 Å². The molecule has 0 amide bonds. The smallest absolute Gasteiger partial charge is 0.198 e. The van der Waals surface area contributed by atoms with Crippen LogP contribution in [0.3, 0.4) is 0 Å². The van der Waals surface area contributed by atoms with Crippen LogP contribution in [0.15, 0.2) is 18.5 Å². The predicted octanol–water partition coefficient (Wildman–Crippen LogP) is 1.97. The van der Waals surface area contributed by atoms with Crippen molar-refractivity contribution in [3.05, 3.63) is 29.3 Å². The van der Waals surface area contributed by atoms with Gasteiger partial charge in [0.05, 0.1) is 5.69 Å². The molecule has 0 fully saturated rings. The summed E-state index contributed by atoms with van der Waals surface area (Å²) in [5.74, 6) is 0.719. The first kappa shape index (κ1) is 11.2. The molecule has 6 nitrogen and oxygen atoms in total. The van der Waals surface area contributed by atoms with Gasteiger partial charge in [0.15, 0.2) is 16.6 Å². The number of nitrogens with zero attached hydrogens (tertiary/aromatic N) is 6. The van der Waals surface area contributed by atoms with E-state index in [1.165, 1.54) is 0 Å². The Morgan fingerprint density at radius 2 is 2.17 bits per heavy atom. The second kappa shape index (κ2) is 4.06. The van der Waals surface area contributed by atoms with E-state index in [1.54, 1.807) is 12.4 Å². The Balaban J connectivity index is 2.28. The highest BCUT2D eigenvalue weighted by Gasteiger charge is 2.15. The topological polar surface area (TPSA) is 60.9 Å². The number of hydrogen-bond acceptors (Lipinski definition) is 4. The monoisotopic (exact) mass is 262 g/mol. The molecule has 18 heavy (non-hydrogen) atoms. The zero-order valence-electron chi connectivity index (χ0n) is 10.0. The van der Waals surface area contributed by atoms with E-state index in [1.807, 2.05) is 29.0 Å². The van der Waals surface area contributed by atoms with E-state index in [0.717, 1.165) is 23.8 Å². The first-order valence-electron chi connectivity index (χ1n) is 5.60. The molecule has 0 saturated heterocycles. The standard InChI is InChI=1S/C11H11ClN6/c1-3-18-8(6-7(2)16-18)10-14-15-11-9(12)13-4-5-17(10)11/h4-6H,3H2,1-2H3. The molecule has 0 N–H and O–H groups in total. The first-order chi connectivity index (χ1) is 8.70. The molecular formula is C11H11ClN6. The Bertz CT molecular complexity index is 713. The fraction of sp³-hybridized carbons (Fsp3) is 0.273. The van der Waals surface area contributed by atoms with Crippen LogP contribution >= 0.6 is 11.6 Å². The van der Waals surface area contributed by atoms with Crippen LogP contribution in [-0.2, 0) is 6.54 Å². The largest absolute Gasteiger partial charge is 0.277 e. The SMILES string of the molecule is CCn1nc(C)cc1-c1nnc2c(Cl)nccn12. The number of rotatable bonds is 2. The summed E-state index contributed by atoms with van der Waals surface area (Å²) in [4.78, 5) is 3.98. The second-order valence-corrected chi connectivity index (χ2v) is 4.28. The summed E-state index contributed by atoms with van der Waals surface area (Å²) in [6.45, 7) is 4.76. The van der Waals surface area contributed by atoms with Gasteiger partial charge in [-0.05, 0) is 19.9 Å². The van der Waals surface area contributed by atoms with E-state index >= 15 is 0 Å². The number of aromatic nitrogens is 6. The van der Waals surface area contributed by atoms with Gasteiger partial charge in [-0.15, -0.1) is 10.2 Å². The third-order valence-electron chi connectivity index (χ3n) is 2.71. The number of aryl methyl sites for hydroxylation is 2. The van der Waals surface area contributed by atoms with Crippen LogP contribution in [0.1, 0.15) is 12.6 Å². The molecular weight excluding hydrogens is 252 g/mol. The Labute approximate surface area is 108 Å². The highest BCUT2D eigenvalue weighted by Crippen LogP contribution is 2.21. The van der Waals surface area contributed by atoms with Gasteiger partial charge in [-0.3, -0.25) is 9.08 Å². The van der Waals surface area contributed by atoms with E-state index < -0.39 is 0 Å². The Kier molecular flexibility index (Phi) is 2.52. The molecule has 0 aromatic carbocycles. The summed E-state index contributed by atoms with van der Waals surface area (Å²) < 4.78 is 3.71. The molecule has 92 valence electrons. The van der Waals surface area contributed by atoms with E-state index in [-0.39, 0.29) is 0 Å². The third kappa shape index (κ3) is 1.57. The number of hydrogen-bond donors (Lipinski definition) is 0. The minimum absolute atomic E-state index is 0.343. The van der Waals surface area contributed by atoms with Crippen molar-refractivity contribution in [3.63, 3.8) is 0 Å². The lowest BCUT2D eigenvalue weighted by Crippen LogP contribution is -2.01. The highest BCUT2D eigenvalue weighted by atomic mass is 35.5. The van der Waals surface area contributed by atoms with Crippen LogP contribution in [0.25, 0.3) is 17.2 Å². The zero-order chi connectivity index (χ0) is 12.7. The van der Waals surface area contributed by atoms with E-state index in [0.29, 0.717) is 10.8 Å². The van der Waals surface area contributed by atoms with E-state index in [9.17, 15) is 0 Å². The summed E-state index contributed by atoms with van der Waals surface area (Å²) in [6, 6.07) is 1.98. The van der Waals surface area contributed by atoms with Crippen LogP contribution in [0.4, 0.5) is 0 Å². The Morgan fingerprint density at radius 3 is 2.94 bits per heavy atom. The molecule has 0 spiro atoms. The van der Waals surface area contributed by atoms with Gasteiger partial charge in [0.1, 0.15) is 5.69 Å². The molecule has 0 bridgehead atoms. The summed E-state index contributed by atoms with van der Waals surface area (Å²) in [6.07, 6.45) is 3.42. The van der Waals surface area contributed by atoms with Crippen molar-refractivity contribution >= 4 is 17.2 Å². The average molecular weight is 263 g/mol. The van der Waals surface area contributed by atoms with Crippen molar-refractivity contribution in [1.29, 1.82) is 0 Å². The van der Waals surface area contributed by atoms with Gasteiger partial charge < -0.3 is 0 Å². The van der Waals surface area contributed by atoms with Crippen LogP contribution in [0, 0.1) is 6.92 Å². The van der Waals surface area contributed by atoms with Crippen molar-refractivity contribution in [2.24, 2.45) is 0 Å². The number of halogens is 1.